The van der Waals surface area contributed by atoms with Gasteiger partial charge in [0, 0.05) is 0 Å². The predicted molar refractivity (Wildman–Crippen MR) is 101 cm³/mol. The van der Waals surface area contributed by atoms with Crippen molar-refractivity contribution in [2.24, 2.45) is 0 Å². The molecule has 6 N–H and O–H groups in total. The zero-order chi connectivity index (χ0) is 22.7. The molecule has 0 aliphatic heterocycles. The van der Waals surface area contributed by atoms with Crippen molar-refractivity contribution in [3.63, 3.8) is 0 Å². The van der Waals surface area contributed by atoms with Gasteiger partial charge in [0.15, 0.2) is 22.3 Å². The van der Waals surface area contributed by atoms with Crippen LogP contribution in [0.5, 0.6) is 5.75 Å². The molecule has 0 saturated carbocycles. The number of carbonyl (C=O) groups excluding carboxylic acids is 2. The first-order valence-corrected chi connectivity index (χ1v) is 10.3. The second-order valence-electron chi connectivity index (χ2n) is 5.89. The summed E-state index contributed by atoms with van der Waals surface area (Å²) in [5, 5.41) is 35.4. The van der Waals surface area contributed by atoms with Crippen LogP contribution in [0.4, 0.5) is 0 Å². The summed E-state index contributed by atoms with van der Waals surface area (Å²) in [6.45, 7) is 2.25. The fourth-order valence-corrected chi connectivity index (χ4v) is 3.19. The van der Waals surface area contributed by atoms with Gasteiger partial charge in [0.05, 0.1) is 18.6 Å². The number of hydrogen-bond donors (Lipinski definition) is 6. The quantitative estimate of drug-likeness (QED) is 0.189. The van der Waals surface area contributed by atoms with E-state index in [2.05, 4.69) is 4.18 Å². The van der Waals surface area contributed by atoms with Gasteiger partial charge in [-0.1, -0.05) is 18.2 Å². The Morgan fingerprint density at radius 1 is 0.931 bits per heavy atom. The molecule has 4 unspecified atom stereocenters. The lowest BCUT2D eigenvalue weighted by atomic mass is 10.1. The summed E-state index contributed by atoms with van der Waals surface area (Å²) in [7, 11) is 1.18. The number of rotatable bonds is 9. The summed E-state index contributed by atoms with van der Waals surface area (Å²) in [6.07, 6.45) is 0. The van der Waals surface area contributed by atoms with Crippen molar-refractivity contribution in [3.8, 4) is 5.75 Å². The average Bonchev–Trinajstić information content (AvgIpc) is 2.66. The largest absolute Gasteiger partial charge is 0.400 e. The SMILES string of the molecule is CC(O)(CS(=O)Oc1ccccc1)C(=O)NO.COS(=O)CC(C)(O)C(=O)NO. The molecule has 4 atom stereocenters. The Hall–Kier alpha value is -1.94. The Morgan fingerprint density at radius 2 is 1.34 bits per heavy atom. The standard InChI is InChI=1S/C10H13NO5S.C5H11NO5S/c1-10(13,9(12)11-14)7-17(15)16-8-5-3-2-4-6-8;1-5(8,4(7)6-9)3-12(10)11-2/h2-6,13-14H,7H2,1H3,(H,11,12);8-9H,3H2,1-2H3,(H,6,7). The normalized spacial score (nSPS) is 16.7. The van der Waals surface area contributed by atoms with E-state index in [1.54, 1.807) is 30.3 Å². The molecule has 29 heavy (non-hydrogen) atoms. The van der Waals surface area contributed by atoms with Crippen molar-refractivity contribution in [2.75, 3.05) is 18.6 Å². The summed E-state index contributed by atoms with van der Waals surface area (Å²) < 4.78 is 31.6. The van der Waals surface area contributed by atoms with Gasteiger partial charge in [-0.25, -0.2) is 19.4 Å². The van der Waals surface area contributed by atoms with Crippen molar-refractivity contribution in [1.29, 1.82) is 0 Å². The molecule has 0 aliphatic rings. The minimum Gasteiger partial charge on any atom is -0.400 e. The third kappa shape index (κ3) is 10.4. The molecule has 0 radical (unpaired) electrons. The molecule has 0 spiro atoms. The maximum absolute atomic E-state index is 11.5. The third-order valence-electron chi connectivity index (χ3n) is 3.10. The van der Waals surface area contributed by atoms with Gasteiger partial charge >= 0.3 is 0 Å². The Bertz CT molecular complexity index is 712. The highest BCUT2D eigenvalue weighted by atomic mass is 32.2. The predicted octanol–water partition coefficient (Wildman–Crippen LogP) is -1.46. The molecule has 1 aromatic rings. The number of nitrogens with one attached hydrogen (secondary N) is 2. The van der Waals surface area contributed by atoms with Crippen LogP contribution in [0.3, 0.4) is 0 Å². The number of carbonyl (C=O) groups is 2. The van der Waals surface area contributed by atoms with Crippen LogP contribution in [0.25, 0.3) is 0 Å². The van der Waals surface area contributed by atoms with E-state index >= 15 is 0 Å². The van der Waals surface area contributed by atoms with E-state index in [4.69, 9.17) is 14.6 Å². The zero-order valence-electron chi connectivity index (χ0n) is 15.9. The lowest BCUT2D eigenvalue weighted by molar-refractivity contribution is -0.145. The highest BCUT2D eigenvalue weighted by Gasteiger charge is 2.33. The number of aliphatic hydroxyl groups is 2. The Labute approximate surface area is 172 Å². The molecule has 12 nitrogen and oxygen atoms in total. The molecule has 0 aromatic heterocycles. The second-order valence-corrected chi connectivity index (χ2v) is 8.18. The van der Waals surface area contributed by atoms with E-state index in [-0.39, 0.29) is 0 Å². The molecule has 0 bridgehead atoms. The van der Waals surface area contributed by atoms with E-state index in [0.717, 1.165) is 13.8 Å². The Kier molecular flexibility index (Phi) is 11.7. The maximum atomic E-state index is 11.5. The Balaban J connectivity index is 0.000000578. The fourth-order valence-electron chi connectivity index (χ4n) is 1.50. The van der Waals surface area contributed by atoms with Crippen molar-refractivity contribution in [3.05, 3.63) is 30.3 Å². The van der Waals surface area contributed by atoms with Crippen LogP contribution in [0.2, 0.25) is 0 Å². The first-order valence-electron chi connectivity index (χ1n) is 7.78. The maximum Gasteiger partial charge on any atom is 0.276 e. The minimum absolute atomic E-state index is 0.367. The summed E-state index contributed by atoms with van der Waals surface area (Å²) in [4.78, 5) is 21.7. The average molecular weight is 456 g/mol. The van der Waals surface area contributed by atoms with E-state index in [1.807, 2.05) is 0 Å². The summed E-state index contributed by atoms with van der Waals surface area (Å²) >= 11 is -3.63. The van der Waals surface area contributed by atoms with Gasteiger partial charge in [-0.05, 0) is 26.0 Å². The minimum atomic E-state index is -1.96. The van der Waals surface area contributed by atoms with Crippen LogP contribution in [-0.4, -0.2) is 70.7 Å². The number of para-hydroxylation sites is 1. The van der Waals surface area contributed by atoms with E-state index in [0.29, 0.717) is 5.75 Å². The molecule has 166 valence electrons. The van der Waals surface area contributed by atoms with Crippen LogP contribution in [0, 0.1) is 0 Å². The van der Waals surface area contributed by atoms with E-state index < -0.39 is 56.7 Å². The summed E-state index contributed by atoms with van der Waals surface area (Å²) in [5.74, 6) is -2.54. The molecule has 0 saturated heterocycles. The topological polar surface area (TPSA) is 192 Å². The van der Waals surface area contributed by atoms with Crippen LogP contribution in [0.1, 0.15) is 13.8 Å². The summed E-state index contributed by atoms with van der Waals surface area (Å²) in [6, 6.07) is 8.36. The van der Waals surface area contributed by atoms with E-state index in [1.165, 1.54) is 18.1 Å². The molecular weight excluding hydrogens is 432 g/mol. The van der Waals surface area contributed by atoms with Gasteiger partial charge in [-0.2, -0.15) is 0 Å². The smallest absolute Gasteiger partial charge is 0.276 e. The second kappa shape index (κ2) is 12.6. The van der Waals surface area contributed by atoms with Gasteiger partial charge in [0.1, 0.15) is 5.75 Å². The molecule has 14 heteroatoms. The monoisotopic (exact) mass is 456 g/mol. The van der Waals surface area contributed by atoms with Crippen LogP contribution in [0.15, 0.2) is 30.3 Å². The molecule has 1 aromatic carbocycles. The van der Waals surface area contributed by atoms with Crippen molar-refractivity contribution < 1.29 is 47.0 Å². The van der Waals surface area contributed by atoms with Gasteiger partial charge < -0.3 is 14.4 Å². The van der Waals surface area contributed by atoms with Gasteiger partial charge in [-0.15, -0.1) is 0 Å². The number of benzene rings is 1. The molecule has 0 aliphatic carbocycles. The van der Waals surface area contributed by atoms with Gasteiger partial charge in [-0.3, -0.25) is 24.2 Å². The molecule has 2 amide bonds. The van der Waals surface area contributed by atoms with Crippen LogP contribution < -0.4 is 15.1 Å². The van der Waals surface area contributed by atoms with Crippen molar-refractivity contribution in [2.45, 2.75) is 25.0 Å². The number of hydrogen-bond acceptors (Lipinski definition) is 10. The molecule has 0 heterocycles. The van der Waals surface area contributed by atoms with Crippen LogP contribution >= 0.6 is 0 Å². The van der Waals surface area contributed by atoms with Crippen molar-refractivity contribution >= 4 is 34.0 Å². The van der Waals surface area contributed by atoms with Gasteiger partial charge in [0.25, 0.3) is 11.8 Å². The third-order valence-corrected chi connectivity index (χ3v) is 5.44. The summed E-state index contributed by atoms with van der Waals surface area (Å²) in [5.41, 5.74) is -1.31. The lowest BCUT2D eigenvalue weighted by Crippen LogP contribution is -2.47. The Morgan fingerprint density at radius 3 is 1.72 bits per heavy atom. The lowest BCUT2D eigenvalue weighted by Gasteiger charge is -2.19. The fraction of sp³-hybridized carbons (Fsp3) is 0.467. The first-order chi connectivity index (χ1) is 13.4. The van der Waals surface area contributed by atoms with Crippen LogP contribution in [-0.2, 0) is 35.9 Å². The first kappa shape index (κ1) is 27.1. The molecule has 0 fully saturated rings. The zero-order valence-corrected chi connectivity index (χ0v) is 17.5. The highest BCUT2D eigenvalue weighted by molar-refractivity contribution is 7.80. The number of amides is 2. The van der Waals surface area contributed by atoms with Gasteiger partial charge in [0.2, 0.25) is 11.1 Å². The van der Waals surface area contributed by atoms with E-state index in [9.17, 15) is 28.2 Å². The highest BCUT2D eigenvalue weighted by Crippen LogP contribution is 2.13. The molecular formula is C15H24N2O10S2. The number of hydroxylamine groups is 2. The molecule has 1 rings (SSSR count). The van der Waals surface area contributed by atoms with Crippen molar-refractivity contribution in [1.82, 2.24) is 11.0 Å².